The number of ether oxygens (including phenoxy) is 5. The lowest BCUT2D eigenvalue weighted by molar-refractivity contribution is -0.148. The van der Waals surface area contributed by atoms with Crippen molar-refractivity contribution in [2.24, 2.45) is 5.92 Å². The Hall–Kier alpha value is -4.71. The number of hydrogen-bond acceptors (Lipinski definition) is 12. The molecule has 6 amide bonds. The quantitative estimate of drug-likeness (QED) is 0.0572. The number of anilines is 1. The first-order chi connectivity index (χ1) is 24.9. The highest BCUT2D eigenvalue weighted by molar-refractivity contribution is 6.13. The van der Waals surface area contributed by atoms with Crippen molar-refractivity contribution in [3.05, 3.63) is 42.0 Å². The first kappa shape index (κ1) is 43.5. The van der Waals surface area contributed by atoms with Crippen LogP contribution in [0.1, 0.15) is 46.1 Å². The van der Waals surface area contributed by atoms with Crippen LogP contribution in [0, 0.1) is 5.92 Å². The number of nitrogens with one attached hydrogen (secondary N) is 4. The van der Waals surface area contributed by atoms with Crippen molar-refractivity contribution >= 4 is 47.1 Å². The smallest absolute Gasteiger partial charge is 0.308 e. The van der Waals surface area contributed by atoms with E-state index in [4.69, 9.17) is 23.7 Å². The molecule has 1 aliphatic heterocycles. The zero-order chi connectivity index (χ0) is 38.3. The number of benzene rings is 1. The molecular formula is C35H51N5O12. The molecule has 0 spiro atoms. The second kappa shape index (κ2) is 24.5. The van der Waals surface area contributed by atoms with Gasteiger partial charge in [0.05, 0.1) is 58.8 Å². The number of carbonyl (C=O) groups excluding carboxylic acids is 7. The fourth-order valence-corrected chi connectivity index (χ4v) is 4.18. The van der Waals surface area contributed by atoms with E-state index >= 15 is 0 Å². The molecule has 0 aromatic heterocycles. The van der Waals surface area contributed by atoms with Crippen molar-refractivity contribution in [1.82, 2.24) is 20.9 Å². The number of rotatable bonds is 26. The molecule has 1 aromatic rings. The van der Waals surface area contributed by atoms with Gasteiger partial charge in [0.2, 0.25) is 23.6 Å². The molecule has 17 heteroatoms. The maximum atomic E-state index is 12.6. The Labute approximate surface area is 303 Å². The molecule has 4 N–H and O–H groups in total. The van der Waals surface area contributed by atoms with Crippen LogP contribution in [-0.4, -0.2) is 124 Å². The third-order valence-electron chi connectivity index (χ3n) is 7.22. The standard InChI is InChI=1S/C35H51N5O12/c1-24(2)35(47)52-23-27-5-7-28(8-6-27)39-34(46)26(4)38-33(45)25(3)37-30(42)12-15-48-17-19-50-21-22-51-20-18-49-16-13-36-29(41)11-14-40-31(43)9-10-32(40)44/h5-10,24-26H,11-23H2,1-4H3,(H,36,41)(H,37,42)(H,38,45)(H,39,46)/t25?,26-/m0/s1. The SMILES string of the molecule is CC(C)C(=O)OCc1ccc(NC(=O)[C@H](C)NC(=O)C(C)NC(=O)CCOCCOCCOCCOCCNC(=O)CCN2C(=O)C=CC2=O)cc1. The predicted molar refractivity (Wildman–Crippen MR) is 186 cm³/mol. The number of nitrogens with zero attached hydrogens (tertiary/aromatic N) is 1. The summed E-state index contributed by atoms with van der Waals surface area (Å²) in [7, 11) is 0. The van der Waals surface area contributed by atoms with Gasteiger partial charge in [-0.25, -0.2) is 0 Å². The molecule has 1 unspecified atom stereocenters. The van der Waals surface area contributed by atoms with Crippen molar-refractivity contribution in [1.29, 1.82) is 0 Å². The van der Waals surface area contributed by atoms with Crippen LogP contribution in [0.4, 0.5) is 5.69 Å². The first-order valence-electron chi connectivity index (χ1n) is 17.1. The van der Waals surface area contributed by atoms with E-state index in [0.29, 0.717) is 38.7 Å². The molecule has 1 aromatic carbocycles. The average molecular weight is 734 g/mol. The van der Waals surface area contributed by atoms with Crippen LogP contribution < -0.4 is 21.3 Å². The van der Waals surface area contributed by atoms with Gasteiger partial charge in [-0.2, -0.15) is 0 Å². The fourth-order valence-electron chi connectivity index (χ4n) is 4.18. The molecule has 0 aliphatic carbocycles. The number of imide groups is 1. The van der Waals surface area contributed by atoms with E-state index in [1.54, 1.807) is 38.1 Å². The molecule has 52 heavy (non-hydrogen) atoms. The Kier molecular flexibility index (Phi) is 20.4. The summed E-state index contributed by atoms with van der Waals surface area (Å²) in [6, 6.07) is 5.04. The molecule has 2 rings (SSSR count). The fraction of sp³-hybridized carbons (Fsp3) is 0.571. The van der Waals surface area contributed by atoms with Gasteiger partial charge in [-0.3, -0.25) is 38.5 Å². The van der Waals surface area contributed by atoms with Gasteiger partial charge in [-0.05, 0) is 31.5 Å². The lowest BCUT2D eigenvalue weighted by Gasteiger charge is -2.18. The summed E-state index contributed by atoms with van der Waals surface area (Å²) in [5.74, 6) is -2.99. The van der Waals surface area contributed by atoms with Crippen LogP contribution in [0.2, 0.25) is 0 Å². The van der Waals surface area contributed by atoms with Crippen LogP contribution >= 0.6 is 0 Å². The van der Waals surface area contributed by atoms with E-state index in [0.717, 1.165) is 10.5 Å². The summed E-state index contributed by atoms with van der Waals surface area (Å²) in [6.07, 6.45) is 2.40. The minimum absolute atomic E-state index is 0.0213. The van der Waals surface area contributed by atoms with E-state index in [1.165, 1.54) is 26.0 Å². The molecule has 1 heterocycles. The molecule has 0 radical (unpaired) electrons. The van der Waals surface area contributed by atoms with Gasteiger partial charge in [0.1, 0.15) is 18.7 Å². The van der Waals surface area contributed by atoms with Gasteiger partial charge in [0, 0.05) is 43.8 Å². The molecule has 0 saturated heterocycles. The number of amides is 6. The summed E-state index contributed by atoms with van der Waals surface area (Å²) < 4.78 is 26.8. The highest BCUT2D eigenvalue weighted by Crippen LogP contribution is 2.12. The van der Waals surface area contributed by atoms with E-state index in [9.17, 15) is 33.6 Å². The van der Waals surface area contributed by atoms with E-state index < -0.39 is 35.7 Å². The largest absolute Gasteiger partial charge is 0.461 e. The van der Waals surface area contributed by atoms with Crippen LogP contribution in [0.3, 0.4) is 0 Å². The Bertz CT molecular complexity index is 1350. The molecule has 2 atom stereocenters. The Morgan fingerprint density at radius 1 is 0.654 bits per heavy atom. The van der Waals surface area contributed by atoms with Gasteiger partial charge in [-0.1, -0.05) is 26.0 Å². The maximum Gasteiger partial charge on any atom is 0.308 e. The second-order valence-corrected chi connectivity index (χ2v) is 11.9. The molecular weight excluding hydrogens is 682 g/mol. The van der Waals surface area contributed by atoms with E-state index in [-0.39, 0.29) is 76.1 Å². The van der Waals surface area contributed by atoms with Gasteiger partial charge < -0.3 is 45.0 Å². The first-order valence-corrected chi connectivity index (χ1v) is 17.1. The zero-order valence-corrected chi connectivity index (χ0v) is 30.2. The molecule has 1 aliphatic rings. The van der Waals surface area contributed by atoms with Crippen LogP contribution in [0.15, 0.2) is 36.4 Å². The Morgan fingerprint density at radius 3 is 1.77 bits per heavy atom. The summed E-state index contributed by atoms with van der Waals surface area (Å²) in [5, 5.41) is 10.5. The highest BCUT2D eigenvalue weighted by atomic mass is 16.6. The minimum Gasteiger partial charge on any atom is -0.461 e. The molecule has 17 nitrogen and oxygen atoms in total. The minimum atomic E-state index is -0.874. The third-order valence-corrected chi connectivity index (χ3v) is 7.22. The van der Waals surface area contributed by atoms with Crippen molar-refractivity contribution in [3.63, 3.8) is 0 Å². The third kappa shape index (κ3) is 18.0. The Morgan fingerprint density at radius 2 is 1.19 bits per heavy atom. The maximum absolute atomic E-state index is 12.6. The predicted octanol–water partition coefficient (Wildman–Crippen LogP) is 0.222. The van der Waals surface area contributed by atoms with Gasteiger partial charge in [-0.15, -0.1) is 0 Å². The zero-order valence-electron chi connectivity index (χ0n) is 30.2. The molecule has 0 saturated carbocycles. The lowest BCUT2D eigenvalue weighted by Crippen LogP contribution is -2.50. The van der Waals surface area contributed by atoms with Gasteiger partial charge >= 0.3 is 5.97 Å². The van der Waals surface area contributed by atoms with Crippen molar-refractivity contribution in [2.75, 3.05) is 71.3 Å². The summed E-state index contributed by atoms with van der Waals surface area (Å²) in [6.45, 7) is 9.32. The summed E-state index contributed by atoms with van der Waals surface area (Å²) in [5.41, 5.74) is 1.28. The molecule has 0 fully saturated rings. The normalized spacial score (nSPS) is 13.5. The number of esters is 1. The topological polar surface area (TPSA) is 217 Å². The van der Waals surface area contributed by atoms with Gasteiger partial charge in [0.25, 0.3) is 11.8 Å². The van der Waals surface area contributed by atoms with Crippen LogP contribution in [-0.2, 0) is 63.9 Å². The molecule has 288 valence electrons. The lowest BCUT2D eigenvalue weighted by atomic mass is 10.2. The van der Waals surface area contributed by atoms with Crippen molar-refractivity contribution in [2.45, 2.75) is 59.2 Å². The summed E-state index contributed by atoms with van der Waals surface area (Å²) in [4.78, 5) is 84.7. The van der Waals surface area contributed by atoms with E-state index in [2.05, 4.69) is 21.3 Å². The van der Waals surface area contributed by atoms with E-state index in [1.807, 2.05) is 0 Å². The monoisotopic (exact) mass is 733 g/mol. The average Bonchev–Trinajstić information content (AvgIpc) is 3.44. The Balaban J connectivity index is 1.41. The van der Waals surface area contributed by atoms with Crippen LogP contribution in [0.25, 0.3) is 0 Å². The second-order valence-electron chi connectivity index (χ2n) is 11.9. The number of carbonyl (C=O) groups is 7. The molecule has 0 bridgehead atoms. The highest BCUT2D eigenvalue weighted by Gasteiger charge is 2.24. The number of hydrogen-bond donors (Lipinski definition) is 4. The van der Waals surface area contributed by atoms with Crippen LogP contribution in [0.5, 0.6) is 0 Å². The van der Waals surface area contributed by atoms with Crippen molar-refractivity contribution in [3.8, 4) is 0 Å². The van der Waals surface area contributed by atoms with Crippen molar-refractivity contribution < 1.29 is 57.2 Å². The summed E-state index contributed by atoms with van der Waals surface area (Å²) >= 11 is 0. The van der Waals surface area contributed by atoms with Gasteiger partial charge in [0.15, 0.2) is 0 Å².